The fraction of sp³-hybridized carbons (Fsp3) is 0.278. The maximum absolute atomic E-state index is 13.9. The fourth-order valence-corrected chi connectivity index (χ4v) is 2.83. The molecule has 28 heavy (non-hydrogen) atoms. The van der Waals surface area contributed by atoms with Gasteiger partial charge in [0.1, 0.15) is 11.5 Å². The van der Waals surface area contributed by atoms with Gasteiger partial charge in [-0.05, 0) is 18.2 Å². The van der Waals surface area contributed by atoms with Gasteiger partial charge in [0.15, 0.2) is 17.4 Å². The van der Waals surface area contributed by atoms with Gasteiger partial charge in [-0.15, -0.1) is 0 Å². The Bertz CT molecular complexity index is 952. The Labute approximate surface area is 159 Å². The molecule has 0 aliphatic carbocycles. The highest BCUT2D eigenvalue weighted by molar-refractivity contribution is 5.65. The highest BCUT2D eigenvalue weighted by Crippen LogP contribution is 2.30. The van der Waals surface area contributed by atoms with Crippen LogP contribution in [0.2, 0.25) is 0 Å². The number of aromatic nitrogens is 3. The van der Waals surface area contributed by atoms with Crippen LogP contribution in [-0.4, -0.2) is 48.5 Å². The second-order valence-electron chi connectivity index (χ2n) is 6.02. The lowest BCUT2D eigenvalue weighted by Crippen LogP contribution is -2.37. The van der Waals surface area contributed by atoms with E-state index in [1.807, 2.05) is 4.90 Å². The highest BCUT2D eigenvalue weighted by Gasteiger charge is 2.17. The predicted molar refractivity (Wildman–Crippen MR) is 96.8 cm³/mol. The number of halogens is 2. The molecule has 1 aromatic carbocycles. The van der Waals surface area contributed by atoms with Crippen LogP contribution in [0.4, 0.5) is 26.4 Å². The molecule has 1 aliphatic heterocycles. The van der Waals surface area contributed by atoms with Gasteiger partial charge in [0, 0.05) is 30.9 Å². The van der Waals surface area contributed by atoms with Crippen LogP contribution in [0.3, 0.4) is 0 Å². The zero-order valence-electron chi connectivity index (χ0n) is 15.0. The monoisotopic (exact) mass is 389 g/mol. The van der Waals surface area contributed by atoms with Crippen molar-refractivity contribution >= 4 is 17.7 Å². The van der Waals surface area contributed by atoms with Crippen molar-refractivity contribution in [2.45, 2.75) is 0 Å². The van der Waals surface area contributed by atoms with Crippen LogP contribution in [0.1, 0.15) is 0 Å². The van der Waals surface area contributed by atoms with Crippen molar-refractivity contribution in [1.29, 1.82) is 0 Å². The number of nitrogens with zero attached hydrogens (tertiary/aromatic N) is 4. The third-order valence-corrected chi connectivity index (χ3v) is 4.20. The van der Waals surface area contributed by atoms with Gasteiger partial charge in [-0.2, -0.15) is 4.98 Å². The van der Waals surface area contributed by atoms with E-state index in [9.17, 15) is 8.78 Å². The van der Waals surface area contributed by atoms with Gasteiger partial charge in [-0.1, -0.05) is 5.16 Å². The van der Waals surface area contributed by atoms with E-state index in [4.69, 9.17) is 9.26 Å². The van der Waals surface area contributed by atoms with Gasteiger partial charge in [0.25, 0.3) is 0 Å². The van der Waals surface area contributed by atoms with Crippen LogP contribution in [0.15, 0.2) is 35.0 Å². The standard InChI is InChI=1S/C18H17F2N5O3/c1-26-17-12(19)8-11(9-13(17)20)14-10-16(28-24-14)22-15-2-3-21-18(23-15)25-4-6-27-7-5-25/h2-3,8-10H,4-7H2,1H3,(H,21,22,23). The SMILES string of the molecule is COc1c(F)cc(-c2cc(Nc3ccnc(N4CCOCC4)n3)on2)cc1F. The Morgan fingerprint density at radius 3 is 2.61 bits per heavy atom. The molecule has 3 aromatic rings. The Morgan fingerprint density at radius 2 is 1.89 bits per heavy atom. The highest BCUT2D eigenvalue weighted by atomic mass is 19.1. The summed E-state index contributed by atoms with van der Waals surface area (Å²) in [6, 6.07) is 5.46. The van der Waals surface area contributed by atoms with Crippen molar-refractivity contribution in [3.8, 4) is 17.0 Å². The van der Waals surface area contributed by atoms with E-state index in [-0.39, 0.29) is 17.1 Å². The third kappa shape index (κ3) is 3.72. The number of methoxy groups -OCH3 is 1. The van der Waals surface area contributed by atoms with Crippen LogP contribution < -0.4 is 15.0 Å². The maximum atomic E-state index is 13.9. The summed E-state index contributed by atoms with van der Waals surface area (Å²) in [5.74, 6) is -0.721. The number of ether oxygens (including phenoxy) is 2. The molecule has 1 aliphatic rings. The Kier molecular flexibility index (Phi) is 5.02. The first-order valence-corrected chi connectivity index (χ1v) is 8.57. The minimum absolute atomic E-state index is 0.226. The minimum atomic E-state index is -0.819. The van der Waals surface area contributed by atoms with E-state index in [0.717, 1.165) is 12.1 Å². The number of rotatable bonds is 5. The van der Waals surface area contributed by atoms with Crippen LogP contribution in [0, 0.1) is 11.6 Å². The Balaban J connectivity index is 1.52. The normalized spacial score (nSPS) is 14.2. The predicted octanol–water partition coefficient (Wildman–Crippen LogP) is 3.00. The van der Waals surface area contributed by atoms with Gasteiger partial charge < -0.3 is 24.2 Å². The molecule has 0 amide bonds. The van der Waals surface area contributed by atoms with Crippen LogP contribution in [0.5, 0.6) is 5.75 Å². The lowest BCUT2D eigenvalue weighted by atomic mass is 10.1. The first kappa shape index (κ1) is 18.1. The molecule has 0 bridgehead atoms. The fourth-order valence-electron chi connectivity index (χ4n) is 2.83. The Morgan fingerprint density at radius 1 is 1.14 bits per heavy atom. The second-order valence-corrected chi connectivity index (χ2v) is 6.02. The summed E-state index contributed by atoms with van der Waals surface area (Å²) in [4.78, 5) is 10.7. The smallest absolute Gasteiger partial charge is 0.230 e. The van der Waals surface area contributed by atoms with Crippen molar-refractivity contribution in [1.82, 2.24) is 15.1 Å². The van der Waals surface area contributed by atoms with Crippen molar-refractivity contribution in [2.24, 2.45) is 0 Å². The quantitative estimate of drug-likeness (QED) is 0.713. The summed E-state index contributed by atoms with van der Waals surface area (Å²) in [5.41, 5.74) is 0.495. The number of nitrogens with one attached hydrogen (secondary N) is 1. The maximum Gasteiger partial charge on any atom is 0.230 e. The van der Waals surface area contributed by atoms with Crippen LogP contribution >= 0.6 is 0 Å². The number of anilines is 3. The van der Waals surface area contributed by atoms with E-state index in [2.05, 4.69) is 25.2 Å². The molecule has 0 spiro atoms. The van der Waals surface area contributed by atoms with Gasteiger partial charge in [0.05, 0.1) is 20.3 Å². The van der Waals surface area contributed by atoms with Gasteiger partial charge in [0.2, 0.25) is 11.8 Å². The van der Waals surface area contributed by atoms with Gasteiger partial charge >= 0.3 is 0 Å². The molecule has 8 nitrogen and oxygen atoms in total. The van der Waals surface area contributed by atoms with Crippen LogP contribution in [-0.2, 0) is 4.74 Å². The summed E-state index contributed by atoms with van der Waals surface area (Å²) < 4.78 is 43.0. The molecular weight excluding hydrogens is 372 g/mol. The average molecular weight is 389 g/mol. The van der Waals surface area contributed by atoms with E-state index < -0.39 is 17.4 Å². The van der Waals surface area contributed by atoms with Crippen molar-refractivity contribution in [3.05, 3.63) is 42.1 Å². The molecule has 1 N–H and O–H groups in total. The summed E-state index contributed by atoms with van der Waals surface area (Å²) >= 11 is 0. The molecule has 0 atom stereocenters. The first-order valence-electron chi connectivity index (χ1n) is 8.57. The molecule has 1 fully saturated rings. The van der Waals surface area contributed by atoms with Gasteiger partial charge in [-0.3, -0.25) is 0 Å². The van der Waals surface area contributed by atoms with E-state index in [0.29, 0.717) is 38.1 Å². The summed E-state index contributed by atoms with van der Waals surface area (Å²) in [6.45, 7) is 2.68. The third-order valence-electron chi connectivity index (χ3n) is 4.20. The molecule has 2 aromatic heterocycles. The molecule has 0 saturated carbocycles. The number of hydrogen-bond acceptors (Lipinski definition) is 8. The number of morpholine rings is 1. The van der Waals surface area contributed by atoms with Gasteiger partial charge in [-0.25, -0.2) is 13.8 Å². The Hall–Kier alpha value is -3.27. The number of hydrogen-bond donors (Lipinski definition) is 1. The molecule has 1 saturated heterocycles. The summed E-state index contributed by atoms with van der Waals surface area (Å²) in [7, 11) is 1.20. The molecule has 3 heterocycles. The molecule has 10 heteroatoms. The molecule has 0 unspecified atom stereocenters. The van der Waals surface area contributed by atoms with E-state index in [1.54, 1.807) is 12.3 Å². The zero-order valence-corrected chi connectivity index (χ0v) is 15.0. The van der Waals surface area contributed by atoms with Crippen molar-refractivity contribution in [2.75, 3.05) is 43.6 Å². The van der Waals surface area contributed by atoms with E-state index in [1.165, 1.54) is 13.2 Å². The minimum Gasteiger partial charge on any atom is -0.491 e. The van der Waals surface area contributed by atoms with Crippen molar-refractivity contribution in [3.63, 3.8) is 0 Å². The second kappa shape index (κ2) is 7.77. The first-order chi connectivity index (χ1) is 13.6. The van der Waals surface area contributed by atoms with E-state index >= 15 is 0 Å². The zero-order chi connectivity index (χ0) is 19.5. The topological polar surface area (TPSA) is 85.5 Å². The number of benzene rings is 1. The lowest BCUT2D eigenvalue weighted by Gasteiger charge is -2.26. The largest absolute Gasteiger partial charge is 0.491 e. The summed E-state index contributed by atoms with van der Waals surface area (Å²) in [6.07, 6.45) is 1.63. The molecule has 0 radical (unpaired) electrons. The molecule has 4 rings (SSSR count). The summed E-state index contributed by atoms with van der Waals surface area (Å²) in [5, 5.41) is 6.83. The molecule has 146 valence electrons. The average Bonchev–Trinajstić information content (AvgIpc) is 3.17. The van der Waals surface area contributed by atoms with Crippen molar-refractivity contribution < 1.29 is 22.8 Å². The lowest BCUT2D eigenvalue weighted by molar-refractivity contribution is 0.122. The molecular formula is C18H17F2N5O3. The van der Waals surface area contributed by atoms with Crippen LogP contribution in [0.25, 0.3) is 11.3 Å².